The molecule has 1 amide bonds. The Bertz CT molecular complexity index is 743. The summed E-state index contributed by atoms with van der Waals surface area (Å²) in [6.07, 6.45) is 3.04. The first-order chi connectivity index (χ1) is 14.7. The second-order valence-corrected chi connectivity index (χ2v) is 10.3. The molecular formula is C22H34N2O7. The summed E-state index contributed by atoms with van der Waals surface area (Å²) in [7, 11) is 0. The number of ether oxygens (including phenoxy) is 3. The van der Waals surface area contributed by atoms with Gasteiger partial charge in [-0.25, -0.2) is 14.6 Å². The second kappa shape index (κ2) is 7.57. The van der Waals surface area contributed by atoms with Crippen LogP contribution in [0.2, 0.25) is 0 Å². The van der Waals surface area contributed by atoms with Crippen molar-refractivity contribution in [2.24, 2.45) is 35.3 Å². The van der Waals surface area contributed by atoms with E-state index in [1.54, 1.807) is 0 Å². The van der Waals surface area contributed by atoms with Gasteiger partial charge in [0.05, 0.1) is 5.92 Å². The van der Waals surface area contributed by atoms with Crippen LogP contribution in [0.25, 0.3) is 0 Å². The molecule has 1 spiro atoms. The Balaban J connectivity index is 1.52. The quantitative estimate of drug-likeness (QED) is 0.525. The molecule has 9 nitrogen and oxygen atoms in total. The van der Waals surface area contributed by atoms with E-state index < -0.39 is 23.8 Å². The summed E-state index contributed by atoms with van der Waals surface area (Å²) in [6.45, 7) is 8.23. The highest BCUT2D eigenvalue weighted by molar-refractivity contribution is 5.74. The average Bonchev–Trinajstić information content (AvgIpc) is 3.15. The van der Waals surface area contributed by atoms with E-state index in [0.717, 1.165) is 38.8 Å². The van der Waals surface area contributed by atoms with E-state index in [9.17, 15) is 9.59 Å². The topological polar surface area (TPSA) is 110 Å². The van der Waals surface area contributed by atoms with Crippen molar-refractivity contribution in [2.45, 2.75) is 76.6 Å². The van der Waals surface area contributed by atoms with Crippen molar-refractivity contribution in [1.29, 1.82) is 0 Å². The number of amides is 1. The fraction of sp³-hybridized carbons (Fsp3) is 0.909. The van der Waals surface area contributed by atoms with Gasteiger partial charge in [-0.3, -0.25) is 9.69 Å². The molecule has 5 aliphatic heterocycles. The number of nitrogens with zero attached hydrogens (tertiary/aromatic N) is 1. The first-order valence-electron chi connectivity index (χ1n) is 11.7. The van der Waals surface area contributed by atoms with E-state index in [1.807, 2.05) is 13.8 Å². The molecule has 6 aliphatic rings. The molecule has 0 aromatic rings. The number of hydrogen-bond acceptors (Lipinski definition) is 8. The van der Waals surface area contributed by atoms with Crippen molar-refractivity contribution in [3.63, 3.8) is 0 Å². The molecule has 1 saturated carbocycles. The Kier molecular flexibility index (Phi) is 5.23. The smallest absolute Gasteiger partial charge is 0.404 e. The van der Waals surface area contributed by atoms with Gasteiger partial charge in [-0.2, -0.15) is 0 Å². The zero-order valence-corrected chi connectivity index (χ0v) is 18.6. The molecule has 2 bridgehead atoms. The molecular weight excluding hydrogens is 404 g/mol. The highest BCUT2D eigenvalue weighted by Gasteiger charge is 2.71. The van der Waals surface area contributed by atoms with Gasteiger partial charge in [-0.05, 0) is 57.5 Å². The summed E-state index contributed by atoms with van der Waals surface area (Å²) in [6, 6.07) is 0.0591. The molecule has 31 heavy (non-hydrogen) atoms. The van der Waals surface area contributed by atoms with Crippen molar-refractivity contribution in [3.05, 3.63) is 0 Å². The van der Waals surface area contributed by atoms with E-state index in [-0.39, 0.29) is 48.2 Å². The van der Waals surface area contributed by atoms with Crippen molar-refractivity contribution >= 4 is 12.1 Å². The van der Waals surface area contributed by atoms with Crippen molar-refractivity contribution in [3.8, 4) is 0 Å². The monoisotopic (exact) mass is 438 g/mol. The molecule has 9 atom stereocenters. The predicted molar refractivity (Wildman–Crippen MR) is 107 cm³/mol. The van der Waals surface area contributed by atoms with Gasteiger partial charge in [0, 0.05) is 24.3 Å². The summed E-state index contributed by atoms with van der Waals surface area (Å²) in [4.78, 5) is 38.6. The van der Waals surface area contributed by atoms with Crippen LogP contribution < -0.4 is 5.73 Å². The SMILES string of the molecule is C[C@H]1[C@@H](C(COC(N)=O)N2CCCC2)C[C@H]2[C@@H](C)C(=O)O[C@@H]3O[C@@]4(C)CC[C@@H]1[C@]32OO4. The van der Waals surface area contributed by atoms with Crippen molar-refractivity contribution < 1.29 is 33.6 Å². The number of carbonyl (C=O) groups excluding carboxylic acids is 2. The maximum atomic E-state index is 12.8. The van der Waals surface area contributed by atoms with E-state index in [0.29, 0.717) is 6.42 Å². The maximum absolute atomic E-state index is 12.8. The first-order valence-corrected chi connectivity index (χ1v) is 11.7. The number of fused-ring (bicyclic) bond motifs is 2. The Labute approximate surface area is 182 Å². The number of likely N-dealkylation sites (tertiary alicyclic amines) is 1. The van der Waals surface area contributed by atoms with Crippen LogP contribution >= 0.6 is 0 Å². The molecule has 9 heteroatoms. The van der Waals surface area contributed by atoms with E-state index in [1.165, 1.54) is 0 Å². The lowest BCUT2D eigenvalue weighted by atomic mass is 9.54. The minimum Gasteiger partial charge on any atom is -0.448 e. The Morgan fingerprint density at radius 1 is 1.26 bits per heavy atom. The molecule has 174 valence electrons. The van der Waals surface area contributed by atoms with E-state index >= 15 is 0 Å². The molecule has 0 radical (unpaired) electrons. The van der Waals surface area contributed by atoms with Gasteiger partial charge in [-0.1, -0.05) is 13.8 Å². The average molecular weight is 439 g/mol. The standard InChI is InChI=1S/C22H34N2O7/c1-12-14(17(11-27-20(23)26)24-8-4-5-9-24)10-16-13(2)18(25)28-19-22(16)15(12)6-7-21(3,29-19)30-31-22/h12-17,19H,4-11H2,1-3H3,(H2,23,26)/t12-,13+,14-,15-,16-,17?,19+,21+,22+/m0/s1. The molecule has 0 aromatic heterocycles. The lowest BCUT2D eigenvalue weighted by Crippen LogP contribution is -2.71. The third-order valence-electron chi connectivity index (χ3n) is 8.69. The van der Waals surface area contributed by atoms with Crippen LogP contribution in [-0.4, -0.2) is 60.4 Å². The largest absolute Gasteiger partial charge is 0.448 e. The van der Waals surface area contributed by atoms with Crippen LogP contribution in [0.15, 0.2) is 0 Å². The molecule has 1 aliphatic carbocycles. The zero-order chi connectivity index (χ0) is 22.0. The van der Waals surface area contributed by atoms with Crippen LogP contribution in [0.5, 0.6) is 0 Å². The number of nitrogens with two attached hydrogens (primary N) is 1. The number of carbonyl (C=O) groups is 2. The van der Waals surface area contributed by atoms with E-state index in [2.05, 4.69) is 11.8 Å². The third-order valence-corrected chi connectivity index (χ3v) is 8.69. The van der Waals surface area contributed by atoms with Crippen molar-refractivity contribution in [2.75, 3.05) is 19.7 Å². The minimum absolute atomic E-state index is 0.0591. The highest BCUT2D eigenvalue weighted by atomic mass is 17.3. The minimum atomic E-state index is -0.919. The summed E-state index contributed by atoms with van der Waals surface area (Å²) in [5.41, 5.74) is 4.51. The molecule has 5 heterocycles. The van der Waals surface area contributed by atoms with Gasteiger partial charge >= 0.3 is 12.1 Å². The molecule has 1 unspecified atom stereocenters. The molecule has 5 saturated heterocycles. The predicted octanol–water partition coefficient (Wildman–Crippen LogP) is 2.18. The number of esters is 1. The Hall–Kier alpha value is -1.42. The van der Waals surface area contributed by atoms with E-state index in [4.69, 9.17) is 29.7 Å². The second-order valence-electron chi connectivity index (χ2n) is 10.3. The summed E-state index contributed by atoms with van der Waals surface area (Å²) in [5, 5.41) is 0. The van der Waals surface area contributed by atoms with Gasteiger partial charge < -0.3 is 19.9 Å². The number of hydrogen-bond donors (Lipinski definition) is 1. The van der Waals surface area contributed by atoms with Crippen molar-refractivity contribution in [1.82, 2.24) is 4.90 Å². The molecule has 2 N–H and O–H groups in total. The lowest BCUT2D eigenvalue weighted by molar-refractivity contribution is -0.560. The van der Waals surface area contributed by atoms with Gasteiger partial charge in [-0.15, -0.1) is 0 Å². The number of rotatable bonds is 4. The lowest BCUT2D eigenvalue weighted by Gasteiger charge is -2.60. The van der Waals surface area contributed by atoms with Crippen LogP contribution in [-0.2, 0) is 28.8 Å². The summed E-state index contributed by atoms with van der Waals surface area (Å²) >= 11 is 0. The summed E-state index contributed by atoms with van der Waals surface area (Å²) in [5.74, 6) is -1.06. The highest BCUT2D eigenvalue weighted by Crippen LogP contribution is 2.61. The molecule has 6 fully saturated rings. The Morgan fingerprint density at radius 3 is 2.71 bits per heavy atom. The first kappa shape index (κ1) is 21.4. The van der Waals surface area contributed by atoms with Crippen LogP contribution in [0.3, 0.4) is 0 Å². The molecule has 0 aromatic carbocycles. The van der Waals surface area contributed by atoms with Gasteiger partial charge in [0.15, 0.2) is 5.60 Å². The van der Waals surface area contributed by atoms with Crippen LogP contribution in [0, 0.1) is 29.6 Å². The zero-order valence-electron chi connectivity index (χ0n) is 18.6. The van der Waals surface area contributed by atoms with Gasteiger partial charge in [0.1, 0.15) is 6.61 Å². The molecule has 6 rings (SSSR count). The third kappa shape index (κ3) is 3.27. The van der Waals surface area contributed by atoms with Crippen LogP contribution in [0.1, 0.15) is 52.9 Å². The van der Waals surface area contributed by atoms with Crippen LogP contribution in [0.4, 0.5) is 4.79 Å². The fourth-order valence-corrected chi connectivity index (χ4v) is 7.03. The van der Waals surface area contributed by atoms with Gasteiger partial charge in [0.25, 0.3) is 0 Å². The normalized spacial score (nSPS) is 47.9. The maximum Gasteiger partial charge on any atom is 0.404 e. The number of primary amides is 1. The fourth-order valence-electron chi connectivity index (χ4n) is 7.03. The summed E-state index contributed by atoms with van der Waals surface area (Å²) < 4.78 is 17.3. The Morgan fingerprint density at radius 2 is 2.00 bits per heavy atom. The van der Waals surface area contributed by atoms with Gasteiger partial charge in [0.2, 0.25) is 12.1 Å².